The summed E-state index contributed by atoms with van der Waals surface area (Å²) in [6, 6.07) is 4.43. The number of carbonyl (C=O) groups is 1. The average Bonchev–Trinajstić information content (AvgIpc) is 2.53. The number of halogens is 1. The van der Waals surface area contributed by atoms with Crippen molar-refractivity contribution >= 4 is 17.7 Å². The van der Waals surface area contributed by atoms with Crippen molar-refractivity contribution in [3.8, 4) is 0 Å². The van der Waals surface area contributed by atoms with Crippen LogP contribution in [0, 0.1) is 5.82 Å². The van der Waals surface area contributed by atoms with Crippen LogP contribution in [0.15, 0.2) is 40.1 Å². The van der Waals surface area contributed by atoms with Crippen LogP contribution in [0.3, 0.4) is 0 Å². The van der Waals surface area contributed by atoms with E-state index in [2.05, 4.69) is 10.2 Å². The van der Waals surface area contributed by atoms with Crippen LogP contribution >= 0.6 is 0 Å². The van der Waals surface area contributed by atoms with Gasteiger partial charge in [0.05, 0.1) is 0 Å². The van der Waals surface area contributed by atoms with Crippen LogP contribution in [-0.2, 0) is 4.79 Å². The van der Waals surface area contributed by atoms with Crippen molar-refractivity contribution in [2.24, 2.45) is 10.2 Å². The normalized spacial score (nSPS) is 17.0. The first kappa shape index (κ1) is 8.23. The van der Waals surface area contributed by atoms with Crippen LogP contribution in [0.4, 0.5) is 4.39 Å². The van der Waals surface area contributed by atoms with Crippen molar-refractivity contribution in [3.05, 3.63) is 46.1 Å². The Kier molecular flexibility index (Phi) is 1.48. The minimum Gasteiger partial charge on any atom is -0.266 e. The summed E-state index contributed by atoms with van der Waals surface area (Å²) in [4.78, 5) is 11.0. The maximum absolute atomic E-state index is 12.9. The molecule has 0 saturated heterocycles. The Morgan fingerprint density at radius 2 is 2.00 bits per heavy atom. The monoisotopic (exact) mass is 200 g/mol. The molecule has 15 heavy (non-hydrogen) atoms. The zero-order valence-electron chi connectivity index (χ0n) is 7.57. The molecule has 1 aliphatic heterocycles. The fraction of sp³-hybridized carbons (Fsp3) is 0. The molecule has 3 rings (SSSR count). The Morgan fingerprint density at radius 3 is 2.87 bits per heavy atom. The molecule has 1 aromatic rings. The van der Waals surface area contributed by atoms with Gasteiger partial charge in [-0.05, 0) is 29.5 Å². The zero-order valence-corrected chi connectivity index (χ0v) is 7.57. The SMILES string of the molecule is O=C1C=C2C=c3cc(F)ccc3=C2N=N1. The van der Waals surface area contributed by atoms with Gasteiger partial charge in [0.15, 0.2) is 0 Å². The van der Waals surface area contributed by atoms with E-state index in [0.717, 1.165) is 10.4 Å². The van der Waals surface area contributed by atoms with Crippen LogP contribution < -0.4 is 10.4 Å². The van der Waals surface area contributed by atoms with E-state index in [1.54, 1.807) is 12.1 Å². The van der Waals surface area contributed by atoms with E-state index in [9.17, 15) is 9.18 Å². The number of azo groups is 1. The summed E-state index contributed by atoms with van der Waals surface area (Å²) in [5.74, 6) is -0.675. The molecule has 1 aliphatic carbocycles. The lowest BCUT2D eigenvalue weighted by Gasteiger charge is -2.00. The lowest BCUT2D eigenvalue weighted by molar-refractivity contribution is -0.114. The lowest BCUT2D eigenvalue weighted by Crippen LogP contribution is -2.22. The van der Waals surface area contributed by atoms with E-state index >= 15 is 0 Å². The predicted molar refractivity (Wildman–Crippen MR) is 51.5 cm³/mol. The third-order valence-electron chi connectivity index (χ3n) is 2.38. The highest BCUT2D eigenvalue weighted by Crippen LogP contribution is 2.20. The van der Waals surface area contributed by atoms with Crippen LogP contribution in [0.1, 0.15) is 0 Å². The second kappa shape index (κ2) is 2.70. The Labute approximate surface area is 83.9 Å². The van der Waals surface area contributed by atoms with Gasteiger partial charge in [0, 0.05) is 16.9 Å². The molecule has 3 nitrogen and oxygen atoms in total. The molecule has 0 N–H and O–H groups in total. The molecular formula is C11H5FN2O. The predicted octanol–water partition coefficient (Wildman–Crippen LogP) is 0.647. The molecule has 0 atom stereocenters. The number of benzene rings is 1. The van der Waals surface area contributed by atoms with Crippen molar-refractivity contribution < 1.29 is 9.18 Å². The molecule has 1 amide bonds. The molecule has 0 saturated carbocycles. The molecule has 1 aromatic carbocycles. The van der Waals surface area contributed by atoms with Crippen LogP contribution in [-0.4, -0.2) is 5.91 Å². The summed E-state index contributed by atoms with van der Waals surface area (Å²) in [6.07, 6.45) is 3.14. The molecule has 0 aromatic heterocycles. The van der Waals surface area contributed by atoms with E-state index < -0.39 is 0 Å². The molecule has 2 aliphatic rings. The Bertz CT molecular complexity index is 656. The van der Waals surface area contributed by atoms with Gasteiger partial charge in [-0.2, -0.15) is 0 Å². The van der Waals surface area contributed by atoms with Crippen molar-refractivity contribution in [2.75, 3.05) is 0 Å². The smallest absolute Gasteiger partial charge is 0.266 e. The summed E-state index contributed by atoms with van der Waals surface area (Å²) in [5, 5.41) is 8.83. The fourth-order valence-corrected chi connectivity index (χ4v) is 1.74. The molecule has 72 valence electrons. The molecule has 1 heterocycles. The van der Waals surface area contributed by atoms with Gasteiger partial charge in [-0.15, -0.1) is 10.2 Å². The summed E-state index contributed by atoms with van der Waals surface area (Å²) in [7, 11) is 0. The van der Waals surface area contributed by atoms with Crippen LogP contribution in [0.25, 0.3) is 11.8 Å². The maximum Gasteiger partial charge on any atom is 0.288 e. The third-order valence-corrected chi connectivity index (χ3v) is 2.38. The molecule has 0 unspecified atom stereocenters. The highest BCUT2D eigenvalue weighted by molar-refractivity contribution is 5.98. The second-order valence-electron chi connectivity index (χ2n) is 3.36. The zero-order chi connectivity index (χ0) is 10.4. The van der Waals surface area contributed by atoms with E-state index in [0.29, 0.717) is 11.3 Å². The summed E-state index contributed by atoms with van der Waals surface area (Å²) in [6.45, 7) is 0. The van der Waals surface area contributed by atoms with Gasteiger partial charge in [-0.25, -0.2) is 4.39 Å². The van der Waals surface area contributed by atoms with Gasteiger partial charge in [0.2, 0.25) is 0 Å². The number of fused-ring (bicyclic) bond motifs is 2. The quantitative estimate of drug-likeness (QED) is 0.606. The molecule has 0 bridgehead atoms. The van der Waals surface area contributed by atoms with E-state index in [4.69, 9.17) is 0 Å². The van der Waals surface area contributed by atoms with Gasteiger partial charge in [0.25, 0.3) is 5.91 Å². The summed E-state index contributed by atoms with van der Waals surface area (Å²) < 4.78 is 12.9. The average molecular weight is 200 g/mol. The first-order valence-corrected chi connectivity index (χ1v) is 4.43. The molecule has 0 spiro atoms. The third kappa shape index (κ3) is 1.15. The van der Waals surface area contributed by atoms with Crippen molar-refractivity contribution in [1.82, 2.24) is 0 Å². The first-order valence-electron chi connectivity index (χ1n) is 4.43. The number of hydrogen-bond donors (Lipinski definition) is 0. The minimum atomic E-state index is -0.377. The number of rotatable bonds is 0. The van der Waals surface area contributed by atoms with Crippen LogP contribution in [0.2, 0.25) is 0 Å². The van der Waals surface area contributed by atoms with Gasteiger partial charge < -0.3 is 0 Å². The number of carbonyl (C=O) groups excluding carboxylic acids is 1. The van der Waals surface area contributed by atoms with Gasteiger partial charge in [-0.3, -0.25) is 4.79 Å². The number of hydrogen-bond acceptors (Lipinski definition) is 2. The van der Waals surface area contributed by atoms with Gasteiger partial charge in [0.1, 0.15) is 11.5 Å². The Hall–Kier alpha value is -2.10. The van der Waals surface area contributed by atoms with E-state index in [-0.39, 0.29) is 11.7 Å². The minimum absolute atomic E-state index is 0.298. The number of amides is 1. The van der Waals surface area contributed by atoms with Crippen molar-refractivity contribution in [1.29, 1.82) is 0 Å². The summed E-state index contributed by atoms with van der Waals surface area (Å²) in [5.41, 5.74) is 1.35. The Morgan fingerprint density at radius 1 is 1.13 bits per heavy atom. The molecule has 0 fully saturated rings. The van der Waals surface area contributed by atoms with E-state index in [1.807, 2.05) is 0 Å². The van der Waals surface area contributed by atoms with Gasteiger partial charge in [-0.1, -0.05) is 0 Å². The number of nitrogens with zero attached hydrogens (tertiary/aromatic N) is 2. The Balaban J connectivity index is 2.42. The largest absolute Gasteiger partial charge is 0.288 e. The second-order valence-corrected chi connectivity index (χ2v) is 3.36. The van der Waals surface area contributed by atoms with Gasteiger partial charge >= 0.3 is 0 Å². The van der Waals surface area contributed by atoms with E-state index in [1.165, 1.54) is 18.2 Å². The molecular weight excluding hydrogens is 195 g/mol. The first-order chi connectivity index (χ1) is 7.24. The molecule has 4 heteroatoms. The maximum atomic E-state index is 12.9. The highest BCUT2D eigenvalue weighted by Gasteiger charge is 2.16. The topological polar surface area (TPSA) is 41.8 Å². The van der Waals surface area contributed by atoms with Crippen molar-refractivity contribution in [2.45, 2.75) is 0 Å². The summed E-state index contributed by atoms with van der Waals surface area (Å²) >= 11 is 0. The van der Waals surface area contributed by atoms with Crippen molar-refractivity contribution in [3.63, 3.8) is 0 Å². The standard InChI is InChI=1S/C11H5FN2O/c12-8-1-2-9-6(4-8)3-7-5-10(15)13-14-11(7)9/h1-5H. The highest BCUT2D eigenvalue weighted by atomic mass is 19.1. The lowest BCUT2D eigenvalue weighted by atomic mass is 10.2. The molecule has 0 radical (unpaired) electrons. The van der Waals surface area contributed by atoms with Crippen LogP contribution in [0.5, 0.6) is 0 Å². The fourth-order valence-electron chi connectivity index (χ4n) is 1.74.